The van der Waals surface area contributed by atoms with Crippen LogP contribution in [0.1, 0.15) is 25.0 Å². The first-order chi connectivity index (χ1) is 35.4. The van der Waals surface area contributed by atoms with E-state index >= 15 is 0 Å². The molecule has 0 aliphatic heterocycles. The molecule has 0 amide bonds. The highest BCUT2D eigenvalue weighted by Crippen LogP contribution is 2.51. The number of aromatic nitrogens is 4. The summed E-state index contributed by atoms with van der Waals surface area (Å²) in [6.07, 6.45) is 0. The van der Waals surface area contributed by atoms with Gasteiger partial charge >= 0.3 is 0 Å². The van der Waals surface area contributed by atoms with Gasteiger partial charge in [-0.3, -0.25) is 0 Å². The van der Waals surface area contributed by atoms with Crippen LogP contribution in [0.2, 0.25) is 0 Å². The number of rotatable bonds is 6. The lowest BCUT2D eigenvalue weighted by Gasteiger charge is -2.21. The Morgan fingerprint density at radius 1 is 0.333 bits per heavy atom. The molecule has 5 nitrogen and oxygen atoms in total. The first kappa shape index (κ1) is 40.6. The molecule has 0 atom stereocenters. The van der Waals surface area contributed by atoms with Crippen LogP contribution in [0.4, 0.5) is 0 Å². The first-order valence-electron chi connectivity index (χ1n) is 24.7. The Balaban J connectivity index is 0.908. The van der Waals surface area contributed by atoms with Crippen molar-refractivity contribution in [3.8, 4) is 67.5 Å². The molecular formula is C67H44N4O. The van der Waals surface area contributed by atoms with Crippen LogP contribution in [-0.2, 0) is 5.41 Å². The summed E-state index contributed by atoms with van der Waals surface area (Å²) in [5.41, 5.74) is 21.0. The van der Waals surface area contributed by atoms with Crippen LogP contribution in [0, 0.1) is 0 Å². The van der Waals surface area contributed by atoms with Crippen LogP contribution < -0.4 is 0 Å². The predicted molar refractivity (Wildman–Crippen MR) is 297 cm³/mol. The van der Waals surface area contributed by atoms with Gasteiger partial charge in [0.05, 0.1) is 33.5 Å². The van der Waals surface area contributed by atoms with Gasteiger partial charge in [0.1, 0.15) is 11.2 Å². The van der Waals surface area contributed by atoms with Crippen molar-refractivity contribution >= 4 is 65.6 Å². The van der Waals surface area contributed by atoms with Gasteiger partial charge < -0.3 is 13.6 Å². The molecule has 1 aliphatic rings. The normalized spacial score (nSPS) is 13.0. The van der Waals surface area contributed by atoms with Crippen LogP contribution in [-0.4, -0.2) is 19.1 Å². The molecule has 4 heterocycles. The molecular weight excluding hydrogens is 877 g/mol. The van der Waals surface area contributed by atoms with E-state index < -0.39 is 0 Å². The Morgan fingerprint density at radius 3 is 1.56 bits per heavy atom. The lowest BCUT2D eigenvalue weighted by atomic mass is 9.82. The van der Waals surface area contributed by atoms with Crippen molar-refractivity contribution in [3.05, 3.63) is 242 Å². The van der Waals surface area contributed by atoms with Gasteiger partial charge in [-0.1, -0.05) is 159 Å². The van der Waals surface area contributed by atoms with E-state index in [0.29, 0.717) is 5.82 Å². The first-order valence-corrected chi connectivity index (χ1v) is 24.7. The van der Waals surface area contributed by atoms with Gasteiger partial charge in [-0.25, -0.2) is 9.97 Å². The van der Waals surface area contributed by atoms with Gasteiger partial charge in [0.25, 0.3) is 0 Å². The topological polar surface area (TPSA) is 48.8 Å². The Morgan fingerprint density at radius 2 is 0.861 bits per heavy atom. The van der Waals surface area contributed by atoms with Crippen LogP contribution in [0.3, 0.4) is 0 Å². The molecule has 10 aromatic carbocycles. The van der Waals surface area contributed by atoms with Gasteiger partial charge in [-0.05, 0) is 112 Å². The summed E-state index contributed by atoms with van der Waals surface area (Å²) in [5, 5.41) is 7.07. The van der Waals surface area contributed by atoms with Crippen LogP contribution in [0.15, 0.2) is 235 Å². The monoisotopic (exact) mass is 920 g/mol. The smallest absolute Gasteiger partial charge is 0.160 e. The Kier molecular flexibility index (Phi) is 8.64. The van der Waals surface area contributed by atoms with E-state index in [2.05, 4.69) is 223 Å². The minimum atomic E-state index is -0.107. The largest absolute Gasteiger partial charge is 0.456 e. The molecule has 0 bridgehead atoms. The van der Waals surface area contributed by atoms with E-state index in [1.54, 1.807) is 0 Å². The molecule has 72 heavy (non-hydrogen) atoms. The van der Waals surface area contributed by atoms with E-state index in [4.69, 9.17) is 14.4 Å². The highest BCUT2D eigenvalue weighted by Gasteiger charge is 2.36. The molecule has 0 N–H and O–H groups in total. The van der Waals surface area contributed by atoms with Gasteiger partial charge in [-0.15, -0.1) is 0 Å². The summed E-state index contributed by atoms with van der Waals surface area (Å²) in [6, 6.07) is 83.0. The van der Waals surface area contributed by atoms with Crippen LogP contribution in [0.25, 0.3) is 133 Å². The molecule has 0 saturated heterocycles. The second-order valence-electron chi connectivity index (χ2n) is 19.8. The second-order valence-corrected chi connectivity index (χ2v) is 19.8. The van der Waals surface area contributed by atoms with Crippen molar-refractivity contribution in [3.63, 3.8) is 0 Å². The molecule has 1 aliphatic carbocycles. The average molecular weight is 921 g/mol. The zero-order valence-corrected chi connectivity index (χ0v) is 39.6. The van der Waals surface area contributed by atoms with Crippen molar-refractivity contribution in [2.75, 3.05) is 0 Å². The molecule has 0 unspecified atom stereocenters. The summed E-state index contributed by atoms with van der Waals surface area (Å²) in [7, 11) is 0. The fraction of sp³-hybridized carbons (Fsp3) is 0.0448. The minimum absolute atomic E-state index is 0.107. The molecule has 0 radical (unpaired) electrons. The lowest BCUT2D eigenvalue weighted by Crippen LogP contribution is -2.14. The van der Waals surface area contributed by atoms with Crippen LogP contribution >= 0.6 is 0 Å². The maximum atomic E-state index is 6.55. The van der Waals surface area contributed by atoms with E-state index in [0.717, 1.165) is 78.0 Å². The molecule has 338 valence electrons. The van der Waals surface area contributed by atoms with Crippen molar-refractivity contribution in [1.82, 2.24) is 19.1 Å². The summed E-state index contributed by atoms with van der Waals surface area (Å²) < 4.78 is 11.4. The number of hydrogen-bond donors (Lipinski definition) is 0. The SMILES string of the molecule is CC1(C)c2ccccc2-c2cc3c4cc(-c5ccc6c(c5)c5cc7c(cc5n6-c5ccc(-c6cc(-c8ccccc8)nc(-c8ccccc8)n6)cc5)oc5ccccc57)ccc4n(-c4ccccc4)c3cc21. The van der Waals surface area contributed by atoms with Crippen molar-refractivity contribution in [2.45, 2.75) is 19.3 Å². The zero-order chi connectivity index (χ0) is 47.7. The molecule has 0 spiro atoms. The van der Waals surface area contributed by atoms with Crippen LogP contribution in [0.5, 0.6) is 0 Å². The van der Waals surface area contributed by atoms with Gasteiger partial charge in [0, 0.05) is 71.9 Å². The highest BCUT2D eigenvalue weighted by molar-refractivity contribution is 6.18. The molecule has 0 fully saturated rings. The minimum Gasteiger partial charge on any atom is -0.456 e. The maximum absolute atomic E-state index is 6.55. The van der Waals surface area contributed by atoms with E-state index in [1.165, 1.54) is 60.4 Å². The maximum Gasteiger partial charge on any atom is 0.160 e. The second kappa shape index (κ2) is 15.3. The van der Waals surface area contributed by atoms with Crippen molar-refractivity contribution in [2.24, 2.45) is 0 Å². The molecule has 4 aromatic heterocycles. The molecule has 14 aromatic rings. The third kappa shape index (κ3) is 6.07. The predicted octanol–water partition coefficient (Wildman–Crippen LogP) is 17.5. The fourth-order valence-corrected chi connectivity index (χ4v) is 11.8. The summed E-state index contributed by atoms with van der Waals surface area (Å²) in [6.45, 7) is 4.73. The van der Waals surface area contributed by atoms with Crippen molar-refractivity contribution in [1.29, 1.82) is 0 Å². The van der Waals surface area contributed by atoms with Gasteiger partial charge in [0.15, 0.2) is 5.82 Å². The highest BCUT2D eigenvalue weighted by atomic mass is 16.3. The number of nitrogens with zero attached hydrogens (tertiary/aromatic N) is 4. The lowest BCUT2D eigenvalue weighted by molar-refractivity contribution is 0.661. The summed E-state index contributed by atoms with van der Waals surface area (Å²) in [4.78, 5) is 10.2. The van der Waals surface area contributed by atoms with Crippen molar-refractivity contribution < 1.29 is 4.42 Å². The third-order valence-electron chi connectivity index (χ3n) is 15.3. The number of para-hydroxylation sites is 2. The number of fused-ring (bicyclic) bond motifs is 12. The zero-order valence-electron chi connectivity index (χ0n) is 39.6. The Bertz CT molecular complexity index is 4450. The summed E-state index contributed by atoms with van der Waals surface area (Å²) >= 11 is 0. The molecule has 15 rings (SSSR count). The standard InChI is InChI=1S/C67H44N4O/c1-67(2)56-24-14-12-22-48(56)50-36-53-51-34-44(28-32-60(51)70(62(53)38-57(50)67)46-20-10-5-11-21-46)45-29-33-61-52(35-45)54-37-55-49-23-13-15-25-64(49)72-65(55)40-63(54)71(61)47-30-26-42(27-31-47)59-39-58(41-16-6-3-7-17-41)68-66(69-59)43-18-8-4-9-19-43/h3-40H,1-2H3. The number of benzene rings is 10. The van der Waals surface area contributed by atoms with E-state index in [9.17, 15) is 0 Å². The number of hydrogen-bond acceptors (Lipinski definition) is 3. The number of furan rings is 1. The quantitative estimate of drug-likeness (QED) is 0.167. The molecule has 0 saturated carbocycles. The Hall–Kier alpha value is -9.32. The summed E-state index contributed by atoms with van der Waals surface area (Å²) in [5.74, 6) is 0.698. The fourth-order valence-electron chi connectivity index (χ4n) is 11.8. The third-order valence-corrected chi connectivity index (χ3v) is 15.3. The van der Waals surface area contributed by atoms with E-state index in [1.807, 2.05) is 30.3 Å². The molecule has 5 heteroatoms. The Labute approximate surface area is 415 Å². The average Bonchev–Trinajstić information content (AvgIpc) is 4.14. The van der Waals surface area contributed by atoms with Gasteiger partial charge in [-0.2, -0.15) is 0 Å². The van der Waals surface area contributed by atoms with Gasteiger partial charge in [0.2, 0.25) is 0 Å². The van der Waals surface area contributed by atoms with E-state index in [-0.39, 0.29) is 5.41 Å².